The van der Waals surface area contributed by atoms with E-state index in [0.717, 1.165) is 27.7 Å². The number of fused-ring (bicyclic) bond motifs is 1. The summed E-state index contributed by atoms with van der Waals surface area (Å²) in [6.45, 7) is 0.364. The molecule has 5 nitrogen and oxygen atoms in total. The fraction of sp³-hybridized carbons (Fsp3) is 0.148. The monoisotopic (exact) mass is 461 g/mol. The van der Waals surface area contributed by atoms with Crippen molar-refractivity contribution in [2.45, 2.75) is 6.61 Å². The number of hydrogen-bond acceptors (Lipinski definition) is 5. The summed E-state index contributed by atoms with van der Waals surface area (Å²) in [5.41, 5.74) is 3.34. The van der Waals surface area contributed by atoms with E-state index >= 15 is 0 Å². The van der Waals surface area contributed by atoms with Gasteiger partial charge < -0.3 is 18.9 Å². The molecule has 0 aliphatic rings. The molecule has 3 aromatic carbocycles. The Balaban J connectivity index is 1.64. The summed E-state index contributed by atoms with van der Waals surface area (Å²) < 4.78 is 22.5. The van der Waals surface area contributed by atoms with E-state index in [9.17, 15) is 0 Å². The van der Waals surface area contributed by atoms with Crippen LogP contribution in [0.5, 0.6) is 23.0 Å². The highest BCUT2D eigenvalue weighted by atomic mass is 35.5. The lowest BCUT2D eigenvalue weighted by atomic mass is 10.1. The van der Waals surface area contributed by atoms with E-state index in [1.54, 1.807) is 21.3 Å². The highest BCUT2D eigenvalue weighted by molar-refractivity contribution is 6.31. The highest BCUT2D eigenvalue weighted by Crippen LogP contribution is 2.40. The molecule has 6 heteroatoms. The second-order valence-corrected chi connectivity index (χ2v) is 7.61. The van der Waals surface area contributed by atoms with Gasteiger partial charge in [0.05, 0.1) is 27.0 Å². The third-order valence-electron chi connectivity index (χ3n) is 5.21. The first-order valence-electron chi connectivity index (χ1n) is 10.4. The van der Waals surface area contributed by atoms with Crippen LogP contribution in [-0.4, -0.2) is 26.3 Å². The Kier molecular flexibility index (Phi) is 7.01. The average Bonchev–Trinajstić information content (AvgIpc) is 2.86. The summed E-state index contributed by atoms with van der Waals surface area (Å²) >= 11 is 6.27. The van der Waals surface area contributed by atoms with Crippen molar-refractivity contribution in [1.29, 1.82) is 0 Å². The van der Waals surface area contributed by atoms with Crippen LogP contribution in [0.1, 0.15) is 16.8 Å². The number of halogens is 1. The van der Waals surface area contributed by atoms with Crippen molar-refractivity contribution in [1.82, 2.24) is 4.98 Å². The number of benzene rings is 3. The summed E-state index contributed by atoms with van der Waals surface area (Å²) in [5, 5.41) is 1.67. The first-order chi connectivity index (χ1) is 16.1. The molecule has 0 saturated heterocycles. The molecule has 0 unspecified atom stereocenters. The molecule has 0 spiro atoms. The number of methoxy groups -OCH3 is 3. The van der Waals surface area contributed by atoms with E-state index < -0.39 is 0 Å². The van der Waals surface area contributed by atoms with Gasteiger partial charge in [0.25, 0.3) is 0 Å². The molecule has 0 radical (unpaired) electrons. The number of nitrogens with zero attached hydrogens (tertiary/aromatic N) is 1. The van der Waals surface area contributed by atoms with Crippen molar-refractivity contribution >= 4 is 34.7 Å². The van der Waals surface area contributed by atoms with Gasteiger partial charge in [-0.25, -0.2) is 4.98 Å². The normalized spacial score (nSPS) is 11.0. The molecule has 168 valence electrons. The zero-order chi connectivity index (χ0) is 23.2. The zero-order valence-electron chi connectivity index (χ0n) is 18.7. The van der Waals surface area contributed by atoms with Crippen molar-refractivity contribution in [3.05, 3.63) is 88.6 Å². The lowest BCUT2D eigenvalue weighted by molar-refractivity contribution is 0.309. The summed E-state index contributed by atoms with van der Waals surface area (Å²) in [6.07, 6.45) is 3.86. The minimum absolute atomic E-state index is 0.364. The Bertz CT molecular complexity index is 1300. The minimum Gasteiger partial charge on any atom is -0.493 e. The number of hydrogen-bond donors (Lipinski definition) is 0. The maximum Gasteiger partial charge on any atom is 0.203 e. The van der Waals surface area contributed by atoms with E-state index in [2.05, 4.69) is 0 Å². The Labute approximate surface area is 198 Å². The summed E-state index contributed by atoms with van der Waals surface area (Å²) in [7, 11) is 4.78. The number of rotatable bonds is 8. The van der Waals surface area contributed by atoms with Crippen LogP contribution in [0.4, 0.5) is 0 Å². The lowest BCUT2D eigenvalue weighted by Crippen LogP contribution is -1.98. The van der Waals surface area contributed by atoms with E-state index in [-0.39, 0.29) is 0 Å². The van der Waals surface area contributed by atoms with Crippen molar-refractivity contribution in [2.24, 2.45) is 0 Å². The maximum atomic E-state index is 6.27. The zero-order valence-corrected chi connectivity index (χ0v) is 19.4. The van der Waals surface area contributed by atoms with Gasteiger partial charge in [0.15, 0.2) is 11.5 Å². The third-order valence-corrected chi connectivity index (χ3v) is 5.58. The predicted molar refractivity (Wildman–Crippen MR) is 133 cm³/mol. The largest absolute Gasteiger partial charge is 0.493 e. The van der Waals surface area contributed by atoms with Gasteiger partial charge in [-0.1, -0.05) is 48.0 Å². The van der Waals surface area contributed by atoms with Crippen molar-refractivity contribution in [3.8, 4) is 23.0 Å². The fourth-order valence-electron chi connectivity index (χ4n) is 3.55. The fourth-order valence-corrected chi connectivity index (χ4v) is 3.74. The third kappa shape index (κ3) is 4.89. The first-order valence-corrected chi connectivity index (χ1v) is 10.8. The molecule has 0 amide bonds. The smallest absolute Gasteiger partial charge is 0.203 e. The van der Waals surface area contributed by atoms with Crippen LogP contribution in [-0.2, 0) is 6.61 Å². The quantitative estimate of drug-likeness (QED) is 0.293. The van der Waals surface area contributed by atoms with Gasteiger partial charge in [0.2, 0.25) is 5.75 Å². The van der Waals surface area contributed by atoms with Crippen LogP contribution in [0.2, 0.25) is 5.02 Å². The summed E-state index contributed by atoms with van der Waals surface area (Å²) in [5.74, 6) is 2.45. The summed E-state index contributed by atoms with van der Waals surface area (Å²) in [6, 6.07) is 21.3. The Morgan fingerprint density at radius 2 is 1.58 bits per heavy atom. The second-order valence-electron chi connectivity index (χ2n) is 7.20. The molecule has 0 N–H and O–H groups in total. The molecule has 0 saturated carbocycles. The van der Waals surface area contributed by atoms with Crippen molar-refractivity contribution < 1.29 is 18.9 Å². The van der Waals surface area contributed by atoms with Gasteiger partial charge in [-0.2, -0.15) is 0 Å². The first kappa shape index (κ1) is 22.5. The molecule has 4 rings (SSSR count). The Hall–Kier alpha value is -3.70. The topological polar surface area (TPSA) is 49.8 Å². The molecule has 0 fully saturated rings. The molecule has 0 aliphatic carbocycles. The SMILES string of the molecule is COc1ccc(C=Cc2ccc3cccc(OCc4ccccc4Cl)c3n2)c(OC)c1OC. The number of ether oxygens (including phenoxy) is 4. The van der Waals surface area contributed by atoms with Crippen LogP contribution in [0.25, 0.3) is 23.1 Å². The molecule has 33 heavy (non-hydrogen) atoms. The molecular weight excluding hydrogens is 438 g/mol. The lowest BCUT2D eigenvalue weighted by Gasteiger charge is -2.14. The second kappa shape index (κ2) is 10.3. The van der Waals surface area contributed by atoms with Gasteiger partial charge in [0, 0.05) is 21.5 Å². The molecule has 0 aliphatic heterocycles. The van der Waals surface area contributed by atoms with Crippen LogP contribution in [0, 0.1) is 0 Å². The van der Waals surface area contributed by atoms with Crippen LogP contribution in [0.3, 0.4) is 0 Å². The minimum atomic E-state index is 0.364. The standard InChI is InChI=1S/C27H24ClNO4/c1-30-24-16-13-19(26(31-2)27(24)32-3)12-15-21-14-11-18-8-6-10-23(25(18)29-21)33-17-20-7-4-5-9-22(20)28/h4-16H,17H2,1-3H3. The predicted octanol–water partition coefficient (Wildman–Crippen LogP) is 6.66. The highest BCUT2D eigenvalue weighted by Gasteiger charge is 2.14. The Morgan fingerprint density at radius 1 is 0.758 bits per heavy atom. The molecule has 0 bridgehead atoms. The molecular formula is C27H24ClNO4. The van der Waals surface area contributed by atoms with Crippen molar-refractivity contribution in [3.63, 3.8) is 0 Å². The molecule has 0 atom stereocenters. The van der Waals surface area contributed by atoms with Crippen LogP contribution >= 0.6 is 11.6 Å². The van der Waals surface area contributed by atoms with Gasteiger partial charge in [0.1, 0.15) is 17.9 Å². The van der Waals surface area contributed by atoms with Gasteiger partial charge in [-0.3, -0.25) is 0 Å². The van der Waals surface area contributed by atoms with Gasteiger partial charge >= 0.3 is 0 Å². The average molecular weight is 462 g/mol. The van der Waals surface area contributed by atoms with E-state index in [1.165, 1.54) is 0 Å². The number of para-hydroxylation sites is 1. The Morgan fingerprint density at radius 3 is 2.33 bits per heavy atom. The summed E-state index contributed by atoms with van der Waals surface area (Å²) in [4.78, 5) is 4.82. The van der Waals surface area contributed by atoms with E-state index in [1.807, 2.05) is 78.9 Å². The van der Waals surface area contributed by atoms with Crippen molar-refractivity contribution in [2.75, 3.05) is 21.3 Å². The number of pyridine rings is 1. The molecule has 1 heterocycles. The van der Waals surface area contributed by atoms with Crippen LogP contribution < -0.4 is 18.9 Å². The van der Waals surface area contributed by atoms with Gasteiger partial charge in [-0.15, -0.1) is 0 Å². The van der Waals surface area contributed by atoms with Gasteiger partial charge in [-0.05, 0) is 42.5 Å². The maximum absolute atomic E-state index is 6.27. The van der Waals surface area contributed by atoms with E-state index in [4.69, 9.17) is 35.5 Å². The number of aromatic nitrogens is 1. The van der Waals surface area contributed by atoms with E-state index in [0.29, 0.717) is 34.6 Å². The molecule has 1 aromatic heterocycles. The van der Waals surface area contributed by atoms with Crippen LogP contribution in [0.15, 0.2) is 66.7 Å². The molecule has 4 aromatic rings.